The number of carbonyl (C=O) groups is 1. The summed E-state index contributed by atoms with van der Waals surface area (Å²) in [5, 5.41) is 10.3. The highest BCUT2D eigenvalue weighted by Crippen LogP contribution is 2.07. The van der Waals surface area contributed by atoms with Crippen molar-refractivity contribution in [1.29, 1.82) is 0 Å². The first-order valence-electron chi connectivity index (χ1n) is 6.17. The van der Waals surface area contributed by atoms with Gasteiger partial charge in [0.15, 0.2) is 0 Å². The molecule has 1 atom stereocenters. The Morgan fingerprint density at radius 2 is 2.53 bits per heavy atom. The molecule has 0 spiro atoms. The Morgan fingerprint density at radius 1 is 1.59 bits per heavy atom. The van der Waals surface area contributed by atoms with Gasteiger partial charge in [0.25, 0.3) is 0 Å². The van der Waals surface area contributed by atoms with Crippen LogP contribution in [0, 0.1) is 0 Å². The molecular formula is C11H19N5O. The van der Waals surface area contributed by atoms with Gasteiger partial charge in [-0.15, -0.1) is 0 Å². The van der Waals surface area contributed by atoms with E-state index in [2.05, 4.69) is 20.7 Å². The Balaban J connectivity index is 1.54. The maximum Gasteiger partial charge on any atom is 0.221 e. The summed E-state index contributed by atoms with van der Waals surface area (Å²) in [6.45, 7) is 2.46. The smallest absolute Gasteiger partial charge is 0.221 e. The molecule has 1 fully saturated rings. The van der Waals surface area contributed by atoms with E-state index >= 15 is 0 Å². The molecule has 2 N–H and O–H groups in total. The number of hydrogen-bond donors (Lipinski definition) is 2. The second-order valence-electron chi connectivity index (χ2n) is 4.34. The quantitative estimate of drug-likeness (QED) is 0.726. The number of aryl methyl sites for hydroxylation is 1. The molecule has 1 aromatic rings. The zero-order valence-electron chi connectivity index (χ0n) is 9.93. The minimum atomic E-state index is 0.0819. The monoisotopic (exact) mass is 237 g/mol. The van der Waals surface area contributed by atoms with Crippen LogP contribution < -0.4 is 10.6 Å². The van der Waals surface area contributed by atoms with Gasteiger partial charge >= 0.3 is 0 Å². The number of amides is 1. The van der Waals surface area contributed by atoms with Gasteiger partial charge in [0.2, 0.25) is 5.91 Å². The van der Waals surface area contributed by atoms with Gasteiger partial charge in [0, 0.05) is 19.0 Å². The first-order valence-corrected chi connectivity index (χ1v) is 6.17. The topological polar surface area (TPSA) is 71.8 Å². The molecule has 1 amide bonds. The fraction of sp³-hybridized carbons (Fsp3) is 0.727. The molecule has 6 nitrogen and oxygen atoms in total. The van der Waals surface area contributed by atoms with Crippen molar-refractivity contribution in [2.75, 3.05) is 13.1 Å². The fourth-order valence-electron chi connectivity index (χ4n) is 2.04. The summed E-state index contributed by atoms with van der Waals surface area (Å²) in [5.74, 6) is 0.0819. The molecule has 2 heterocycles. The zero-order valence-corrected chi connectivity index (χ0v) is 9.93. The van der Waals surface area contributed by atoms with E-state index in [0.717, 1.165) is 19.5 Å². The molecular weight excluding hydrogens is 218 g/mol. The maximum absolute atomic E-state index is 11.5. The summed E-state index contributed by atoms with van der Waals surface area (Å²) >= 11 is 0. The van der Waals surface area contributed by atoms with Gasteiger partial charge in [-0.05, 0) is 25.8 Å². The van der Waals surface area contributed by atoms with Crippen LogP contribution in [0.1, 0.15) is 25.7 Å². The highest BCUT2D eigenvalue weighted by molar-refractivity contribution is 5.75. The Bertz CT molecular complexity index is 332. The van der Waals surface area contributed by atoms with Crippen molar-refractivity contribution in [3.8, 4) is 0 Å². The van der Waals surface area contributed by atoms with E-state index in [9.17, 15) is 4.79 Å². The van der Waals surface area contributed by atoms with Crippen LogP contribution in [-0.4, -0.2) is 39.8 Å². The molecule has 0 radical (unpaired) electrons. The van der Waals surface area contributed by atoms with Crippen molar-refractivity contribution in [2.45, 2.75) is 38.3 Å². The number of carbonyl (C=O) groups excluding carboxylic acids is 1. The maximum atomic E-state index is 11.5. The van der Waals surface area contributed by atoms with Gasteiger partial charge < -0.3 is 10.6 Å². The average Bonchev–Trinajstić information content (AvgIpc) is 2.99. The second kappa shape index (κ2) is 6.34. The summed E-state index contributed by atoms with van der Waals surface area (Å²) in [6, 6.07) is 0.589. The molecule has 1 unspecified atom stereocenters. The molecule has 1 aromatic heterocycles. The van der Waals surface area contributed by atoms with Gasteiger partial charge in [-0.2, -0.15) is 5.10 Å². The van der Waals surface area contributed by atoms with E-state index < -0.39 is 0 Å². The van der Waals surface area contributed by atoms with Crippen LogP contribution in [0.25, 0.3) is 0 Å². The Morgan fingerprint density at radius 3 is 3.24 bits per heavy atom. The van der Waals surface area contributed by atoms with Crippen LogP contribution in [0.3, 0.4) is 0 Å². The largest absolute Gasteiger partial charge is 0.356 e. The molecule has 0 aliphatic carbocycles. The lowest BCUT2D eigenvalue weighted by Gasteiger charge is -2.10. The molecule has 17 heavy (non-hydrogen) atoms. The molecule has 1 aliphatic rings. The number of aromatic nitrogens is 3. The summed E-state index contributed by atoms with van der Waals surface area (Å²) in [5.41, 5.74) is 0. The SMILES string of the molecule is O=C(CCn1cncn1)NCCC1CCCN1. The van der Waals surface area contributed by atoms with Gasteiger partial charge in [-0.25, -0.2) is 4.98 Å². The Hall–Kier alpha value is -1.43. The molecule has 0 saturated carbocycles. The highest BCUT2D eigenvalue weighted by Gasteiger charge is 2.13. The lowest BCUT2D eigenvalue weighted by molar-refractivity contribution is -0.121. The number of rotatable bonds is 6. The predicted molar refractivity (Wildman–Crippen MR) is 63.3 cm³/mol. The van der Waals surface area contributed by atoms with E-state index in [0.29, 0.717) is 19.0 Å². The van der Waals surface area contributed by atoms with Crippen LogP contribution in [0.4, 0.5) is 0 Å². The summed E-state index contributed by atoms with van der Waals surface area (Å²) in [6.07, 6.45) is 7.07. The number of nitrogens with zero attached hydrogens (tertiary/aromatic N) is 3. The molecule has 0 bridgehead atoms. The van der Waals surface area contributed by atoms with E-state index in [-0.39, 0.29) is 5.91 Å². The highest BCUT2D eigenvalue weighted by atomic mass is 16.1. The van der Waals surface area contributed by atoms with Crippen LogP contribution >= 0.6 is 0 Å². The first kappa shape index (κ1) is 12.0. The van der Waals surface area contributed by atoms with E-state index in [1.54, 1.807) is 11.0 Å². The van der Waals surface area contributed by atoms with E-state index in [4.69, 9.17) is 0 Å². The lowest BCUT2D eigenvalue weighted by Crippen LogP contribution is -2.31. The average molecular weight is 237 g/mol. The number of nitrogens with one attached hydrogen (secondary N) is 2. The van der Waals surface area contributed by atoms with Crippen LogP contribution in [0.15, 0.2) is 12.7 Å². The zero-order chi connectivity index (χ0) is 11.9. The summed E-state index contributed by atoms with van der Waals surface area (Å²) in [4.78, 5) is 15.3. The van der Waals surface area contributed by atoms with Crippen molar-refractivity contribution in [3.05, 3.63) is 12.7 Å². The third kappa shape index (κ3) is 4.14. The van der Waals surface area contributed by atoms with Crippen molar-refractivity contribution < 1.29 is 4.79 Å². The molecule has 6 heteroatoms. The van der Waals surface area contributed by atoms with Crippen molar-refractivity contribution in [3.63, 3.8) is 0 Å². The minimum Gasteiger partial charge on any atom is -0.356 e. The Kier molecular flexibility index (Phi) is 4.49. The normalized spacial score (nSPS) is 19.4. The fourth-order valence-corrected chi connectivity index (χ4v) is 2.04. The van der Waals surface area contributed by atoms with Crippen molar-refractivity contribution in [2.24, 2.45) is 0 Å². The molecule has 94 valence electrons. The van der Waals surface area contributed by atoms with Crippen molar-refractivity contribution >= 4 is 5.91 Å². The molecule has 0 aromatic carbocycles. The van der Waals surface area contributed by atoms with Crippen LogP contribution in [0.2, 0.25) is 0 Å². The van der Waals surface area contributed by atoms with Crippen molar-refractivity contribution in [1.82, 2.24) is 25.4 Å². The molecule has 1 saturated heterocycles. The van der Waals surface area contributed by atoms with Crippen LogP contribution in [0.5, 0.6) is 0 Å². The second-order valence-corrected chi connectivity index (χ2v) is 4.34. The lowest BCUT2D eigenvalue weighted by atomic mass is 10.1. The van der Waals surface area contributed by atoms with E-state index in [1.807, 2.05) is 0 Å². The summed E-state index contributed by atoms with van der Waals surface area (Å²) in [7, 11) is 0. The molecule has 2 rings (SSSR count). The van der Waals surface area contributed by atoms with Gasteiger partial charge in [-0.1, -0.05) is 0 Å². The van der Waals surface area contributed by atoms with Crippen LogP contribution in [-0.2, 0) is 11.3 Å². The minimum absolute atomic E-state index is 0.0819. The molecule has 1 aliphatic heterocycles. The van der Waals surface area contributed by atoms with Gasteiger partial charge in [0.05, 0.1) is 6.54 Å². The third-order valence-corrected chi connectivity index (χ3v) is 3.01. The Labute approximate surface area is 101 Å². The van der Waals surface area contributed by atoms with Gasteiger partial charge in [0.1, 0.15) is 12.7 Å². The van der Waals surface area contributed by atoms with Gasteiger partial charge in [-0.3, -0.25) is 9.48 Å². The summed E-state index contributed by atoms with van der Waals surface area (Å²) < 4.78 is 1.66. The number of hydrogen-bond acceptors (Lipinski definition) is 4. The first-order chi connectivity index (χ1) is 8.34. The standard InChI is InChI=1S/C11H19N5O/c17-11(4-7-16-9-12-8-15-16)14-6-3-10-2-1-5-13-10/h8-10,13H,1-7H2,(H,14,17). The van der Waals surface area contributed by atoms with E-state index in [1.165, 1.54) is 19.2 Å². The predicted octanol–water partition coefficient (Wildman–Crippen LogP) is -0.0735. The third-order valence-electron chi connectivity index (χ3n) is 3.01.